The van der Waals surface area contributed by atoms with Gasteiger partial charge in [0.25, 0.3) is 5.91 Å². The molecule has 1 aliphatic carbocycles. The van der Waals surface area contributed by atoms with Crippen molar-refractivity contribution in [3.05, 3.63) is 48.0 Å². The maximum atomic E-state index is 12.8. The van der Waals surface area contributed by atoms with Gasteiger partial charge in [-0.25, -0.2) is 0 Å². The van der Waals surface area contributed by atoms with Crippen LogP contribution in [0.5, 0.6) is 11.5 Å². The molecule has 156 valence electrons. The van der Waals surface area contributed by atoms with Crippen LogP contribution in [0, 0.1) is 11.8 Å². The number of benzene rings is 2. The second-order valence-electron chi connectivity index (χ2n) is 7.39. The fraction of sp³-hybridized carbons (Fsp3) is 0.318. The number of carboxylic acids is 1. The molecule has 1 saturated carbocycles. The summed E-state index contributed by atoms with van der Waals surface area (Å²) in [4.78, 5) is 37.2. The summed E-state index contributed by atoms with van der Waals surface area (Å²) >= 11 is 0. The van der Waals surface area contributed by atoms with Crippen molar-refractivity contribution in [2.24, 2.45) is 11.8 Å². The van der Waals surface area contributed by atoms with Crippen LogP contribution in [0.15, 0.2) is 42.5 Å². The van der Waals surface area contributed by atoms with E-state index in [9.17, 15) is 19.5 Å². The minimum absolute atomic E-state index is 0.139. The van der Waals surface area contributed by atoms with Crippen molar-refractivity contribution in [1.29, 1.82) is 0 Å². The molecular weight excluding hydrogens is 388 g/mol. The van der Waals surface area contributed by atoms with E-state index in [-0.39, 0.29) is 18.3 Å². The Bertz CT molecular complexity index is 989. The fourth-order valence-electron chi connectivity index (χ4n) is 3.93. The van der Waals surface area contributed by atoms with Gasteiger partial charge in [0.2, 0.25) is 12.7 Å². The number of rotatable bonds is 5. The number of carbonyl (C=O) groups excluding carboxylic acids is 2. The van der Waals surface area contributed by atoms with E-state index in [2.05, 4.69) is 10.6 Å². The number of anilines is 2. The smallest absolute Gasteiger partial charge is 0.307 e. The predicted molar refractivity (Wildman–Crippen MR) is 109 cm³/mol. The lowest BCUT2D eigenvalue weighted by molar-refractivity contribution is -0.147. The Balaban J connectivity index is 1.50. The van der Waals surface area contributed by atoms with Crippen molar-refractivity contribution in [2.75, 3.05) is 17.4 Å². The van der Waals surface area contributed by atoms with E-state index in [0.29, 0.717) is 35.7 Å². The van der Waals surface area contributed by atoms with Crippen LogP contribution in [0.4, 0.5) is 11.4 Å². The molecule has 2 aliphatic rings. The molecule has 2 aromatic rings. The number of carboxylic acid groups (broad SMARTS) is 1. The molecule has 2 atom stereocenters. The molecule has 4 rings (SSSR count). The molecule has 2 aromatic carbocycles. The summed E-state index contributed by atoms with van der Waals surface area (Å²) in [6.07, 6.45) is 2.62. The summed E-state index contributed by atoms with van der Waals surface area (Å²) in [5.74, 6) is -1.88. The molecule has 0 saturated heterocycles. The van der Waals surface area contributed by atoms with E-state index >= 15 is 0 Å². The summed E-state index contributed by atoms with van der Waals surface area (Å²) < 4.78 is 10.6. The van der Waals surface area contributed by atoms with Gasteiger partial charge in [-0.1, -0.05) is 25.0 Å². The number of nitrogens with one attached hydrogen (secondary N) is 2. The van der Waals surface area contributed by atoms with Gasteiger partial charge >= 0.3 is 5.97 Å². The first kappa shape index (κ1) is 19.8. The van der Waals surface area contributed by atoms with Crippen LogP contribution in [-0.4, -0.2) is 29.7 Å². The SMILES string of the molecule is O=C(Nc1ccc2c(c1)OCO2)c1ccccc1NC(=O)[C@H]1CCCC[C@@H]1C(=O)O. The molecule has 8 nitrogen and oxygen atoms in total. The van der Waals surface area contributed by atoms with Crippen molar-refractivity contribution in [2.45, 2.75) is 25.7 Å². The second-order valence-corrected chi connectivity index (χ2v) is 7.39. The molecule has 1 aliphatic heterocycles. The third-order valence-corrected chi connectivity index (χ3v) is 5.48. The maximum Gasteiger partial charge on any atom is 0.307 e. The van der Waals surface area contributed by atoms with Gasteiger partial charge in [-0.15, -0.1) is 0 Å². The van der Waals surface area contributed by atoms with E-state index in [1.807, 2.05) is 0 Å². The lowest BCUT2D eigenvalue weighted by atomic mass is 9.78. The number of aliphatic carboxylic acids is 1. The molecule has 0 spiro atoms. The van der Waals surface area contributed by atoms with Gasteiger partial charge in [0, 0.05) is 11.8 Å². The minimum Gasteiger partial charge on any atom is -0.481 e. The molecular formula is C22H22N2O6. The van der Waals surface area contributed by atoms with Crippen LogP contribution in [0.2, 0.25) is 0 Å². The zero-order valence-corrected chi connectivity index (χ0v) is 16.2. The topological polar surface area (TPSA) is 114 Å². The van der Waals surface area contributed by atoms with Crippen molar-refractivity contribution in [3.63, 3.8) is 0 Å². The predicted octanol–water partition coefficient (Wildman–Crippen LogP) is 3.50. The molecule has 0 radical (unpaired) electrons. The van der Waals surface area contributed by atoms with Crippen LogP contribution >= 0.6 is 0 Å². The number of hydrogen-bond acceptors (Lipinski definition) is 5. The van der Waals surface area contributed by atoms with E-state index in [0.717, 1.165) is 12.8 Å². The lowest BCUT2D eigenvalue weighted by Crippen LogP contribution is -2.36. The molecule has 1 fully saturated rings. The van der Waals surface area contributed by atoms with Crippen molar-refractivity contribution < 1.29 is 29.0 Å². The highest BCUT2D eigenvalue weighted by molar-refractivity contribution is 6.10. The number of amides is 2. The van der Waals surface area contributed by atoms with Gasteiger partial charge in [0.05, 0.1) is 23.1 Å². The second kappa shape index (κ2) is 8.44. The monoisotopic (exact) mass is 410 g/mol. The molecule has 2 amide bonds. The van der Waals surface area contributed by atoms with E-state index in [4.69, 9.17) is 9.47 Å². The summed E-state index contributed by atoms with van der Waals surface area (Å²) in [6.45, 7) is 0.139. The largest absolute Gasteiger partial charge is 0.481 e. The molecule has 3 N–H and O–H groups in total. The summed E-state index contributed by atoms with van der Waals surface area (Å²) in [5, 5.41) is 15.0. The third kappa shape index (κ3) is 4.07. The van der Waals surface area contributed by atoms with Crippen molar-refractivity contribution in [1.82, 2.24) is 0 Å². The zero-order valence-electron chi connectivity index (χ0n) is 16.2. The van der Waals surface area contributed by atoms with Gasteiger partial charge in [-0.2, -0.15) is 0 Å². The van der Waals surface area contributed by atoms with Crippen LogP contribution in [0.25, 0.3) is 0 Å². The number of para-hydroxylation sites is 1. The van der Waals surface area contributed by atoms with E-state index in [1.165, 1.54) is 0 Å². The molecule has 0 aromatic heterocycles. The highest BCUT2D eigenvalue weighted by Gasteiger charge is 2.36. The lowest BCUT2D eigenvalue weighted by Gasteiger charge is -2.27. The van der Waals surface area contributed by atoms with Gasteiger partial charge in [0.15, 0.2) is 11.5 Å². The maximum absolute atomic E-state index is 12.8. The quantitative estimate of drug-likeness (QED) is 0.695. The number of ether oxygens (including phenoxy) is 2. The standard InChI is InChI=1S/C22H22N2O6/c25-20(14-5-1-2-6-15(14)22(27)28)24-17-8-4-3-7-16(17)21(26)23-13-9-10-18-19(11-13)30-12-29-18/h3-4,7-11,14-15H,1-2,5-6,12H2,(H,23,26)(H,24,25)(H,27,28)/t14-,15-/m0/s1. The Hall–Kier alpha value is -3.55. The molecule has 8 heteroatoms. The highest BCUT2D eigenvalue weighted by atomic mass is 16.7. The van der Waals surface area contributed by atoms with Gasteiger partial charge in [-0.05, 0) is 37.1 Å². The van der Waals surface area contributed by atoms with Gasteiger partial charge in [0.1, 0.15) is 0 Å². The highest BCUT2D eigenvalue weighted by Crippen LogP contribution is 2.35. The van der Waals surface area contributed by atoms with Gasteiger partial charge < -0.3 is 25.2 Å². The Labute approximate surface area is 173 Å². The first-order chi connectivity index (χ1) is 14.5. The zero-order chi connectivity index (χ0) is 21.1. The van der Waals surface area contributed by atoms with E-state index < -0.39 is 23.7 Å². The van der Waals surface area contributed by atoms with Crippen molar-refractivity contribution in [3.8, 4) is 11.5 Å². The number of carbonyl (C=O) groups is 3. The Morgan fingerprint density at radius 2 is 1.63 bits per heavy atom. The molecule has 1 heterocycles. The van der Waals surface area contributed by atoms with Crippen LogP contribution in [-0.2, 0) is 9.59 Å². The first-order valence-electron chi connectivity index (χ1n) is 9.86. The third-order valence-electron chi connectivity index (χ3n) is 5.48. The first-order valence-corrected chi connectivity index (χ1v) is 9.86. The van der Waals surface area contributed by atoms with Crippen LogP contribution in [0.3, 0.4) is 0 Å². The summed E-state index contributed by atoms with van der Waals surface area (Å²) in [7, 11) is 0. The van der Waals surface area contributed by atoms with Crippen molar-refractivity contribution >= 4 is 29.2 Å². The minimum atomic E-state index is -0.955. The Kier molecular flexibility index (Phi) is 5.56. The Morgan fingerprint density at radius 1 is 0.900 bits per heavy atom. The summed E-state index contributed by atoms with van der Waals surface area (Å²) in [6, 6.07) is 11.7. The molecule has 30 heavy (non-hydrogen) atoms. The van der Waals surface area contributed by atoms with Crippen LogP contribution in [0.1, 0.15) is 36.0 Å². The fourth-order valence-corrected chi connectivity index (χ4v) is 3.93. The normalized spacial score (nSPS) is 19.7. The number of hydrogen-bond donors (Lipinski definition) is 3. The van der Waals surface area contributed by atoms with E-state index in [1.54, 1.807) is 42.5 Å². The summed E-state index contributed by atoms with van der Waals surface area (Å²) in [5.41, 5.74) is 1.16. The van der Waals surface area contributed by atoms with Gasteiger partial charge in [-0.3, -0.25) is 14.4 Å². The molecule has 0 unspecified atom stereocenters. The van der Waals surface area contributed by atoms with Crippen LogP contribution < -0.4 is 20.1 Å². The average Bonchev–Trinajstić information content (AvgIpc) is 3.22. The Morgan fingerprint density at radius 3 is 2.43 bits per heavy atom. The molecule has 0 bridgehead atoms. The number of fused-ring (bicyclic) bond motifs is 1. The average molecular weight is 410 g/mol.